The van der Waals surface area contributed by atoms with Gasteiger partial charge >= 0.3 is 0 Å². The average molecular weight is 382 g/mol. The van der Waals surface area contributed by atoms with Crippen molar-refractivity contribution in [2.24, 2.45) is 0 Å². The lowest BCUT2D eigenvalue weighted by Crippen LogP contribution is -2.22. The highest BCUT2D eigenvalue weighted by atomic mass is 16.2. The number of aromatic nitrogens is 3. The van der Waals surface area contributed by atoms with E-state index in [1.165, 1.54) is 0 Å². The molecule has 0 radical (unpaired) electrons. The summed E-state index contributed by atoms with van der Waals surface area (Å²) in [6.45, 7) is 3.83. The van der Waals surface area contributed by atoms with Crippen molar-refractivity contribution in [3.05, 3.63) is 91.1 Å². The molecule has 0 fully saturated rings. The monoisotopic (exact) mass is 382 g/mol. The van der Waals surface area contributed by atoms with Gasteiger partial charge in [0.2, 0.25) is 5.91 Å². The van der Waals surface area contributed by atoms with Crippen LogP contribution in [0.15, 0.2) is 85.5 Å². The number of imidazole rings is 1. The predicted octanol–water partition coefficient (Wildman–Crippen LogP) is 5.12. The van der Waals surface area contributed by atoms with E-state index in [-0.39, 0.29) is 11.9 Å². The Hall–Kier alpha value is -3.73. The zero-order chi connectivity index (χ0) is 20.2. The van der Waals surface area contributed by atoms with E-state index in [2.05, 4.69) is 15.3 Å². The Balaban J connectivity index is 1.44. The molecule has 0 unspecified atom stereocenters. The zero-order valence-electron chi connectivity index (χ0n) is 16.4. The van der Waals surface area contributed by atoms with E-state index >= 15 is 0 Å². The van der Waals surface area contributed by atoms with E-state index in [0.717, 1.165) is 33.8 Å². The summed E-state index contributed by atoms with van der Waals surface area (Å²) < 4.78 is 1.83. The minimum absolute atomic E-state index is 0.0884. The first-order valence-corrected chi connectivity index (χ1v) is 9.53. The molecule has 5 nitrogen and oxygen atoms in total. The first kappa shape index (κ1) is 18.6. The third-order valence-corrected chi connectivity index (χ3v) is 4.88. The molecule has 4 aromatic rings. The second-order valence-electron chi connectivity index (χ2n) is 7.00. The maximum absolute atomic E-state index is 12.7. The van der Waals surface area contributed by atoms with Crippen LogP contribution in [0, 0.1) is 6.92 Å². The van der Waals surface area contributed by atoms with E-state index in [9.17, 15) is 4.79 Å². The van der Waals surface area contributed by atoms with E-state index in [1.807, 2.05) is 91.3 Å². The highest BCUT2D eigenvalue weighted by molar-refractivity contribution is 5.93. The van der Waals surface area contributed by atoms with Crippen LogP contribution < -0.4 is 5.32 Å². The van der Waals surface area contributed by atoms with Gasteiger partial charge in [-0.1, -0.05) is 42.5 Å². The highest BCUT2D eigenvalue weighted by Gasteiger charge is 2.16. The third kappa shape index (κ3) is 4.24. The van der Waals surface area contributed by atoms with Crippen LogP contribution in [0.4, 0.5) is 5.69 Å². The topological polar surface area (TPSA) is 59.8 Å². The van der Waals surface area contributed by atoms with Gasteiger partial charge < -0.3 is 9.88 Å². The summed E-state index contributed by atoms with van der Waals surface area (Å²) in [5.74, 6) is -0.0884. The minimum Gasteiger partial charge on any atom is -0.325 e. The Bertz CT molecular complexity index is 1120. The van der Waals surface area contributed by atoms with Gasteiger partial charge in [0.1, 0.15) is 6.04 Å². The summed E-state index contributed by atoms with van der Waals surface area (Å²) in [6, 6.07) is 21.4. The van der Waals surface area contributed by atoms with E-state index in [4.69, 9.17) is 0 Å². The molecule has 144 valence electrons. The largest absolute Gasteiger partial charge is 0.325 e. The van der Waals surface area contributed by atoms with Crippen LogP contribution in [0.1, 0.15) is 18.7 Å². The average Bonchev–Trinajstić information content (AvgIpc) is 3.24. The fourth-order valence-electron chi connectivity index (χ4n) is 3.16. The standard InChI is InChI=1S/C24H22N4O/c1-17-14-21(12-13-25-17)19-8-10-22(11-9-19)27-24(29)18(2)28-15-23(26-16-28)20-6-4-3-5-7-20/h3-16,18H,1-2H3,(H,27,29)/t18-/m0/s1. The number of amides is 1. The number of pyridine rings is 1. The van der Waals surface area contributed by atoms with Crippen LogP contribution in [0.2, 0.25) is 0 Å². The zero-order valence-corrected chi connectivity index (χ0v) is 16.4. The van der Waals surface area contributed by atoms with Crippen LogP contribution in [0.3, 0.4) is 0 Å². The molecule has 0 spiro atoms. The molecule has 29 heavy (non-hydrogen) atoms. The number of benzene rings is 2. The molecule has 1 N–H and O–H groups in total. The first-order chi connectivity index (χ1) is 14.1. The predicted molar refractivity (Wildman–Crippen MR) is 115 cm³/mol. The molecule has 4 rings (SSSR count). The van der Waals surface area contributed by atoms with Crippen LogP contribution in [-0.4, -0.2) is 20.4 Å². The molecule has 1 atom stereocenters. The van der Waals surface area contributed by atoms with Gasteiger partial charge in [-0.15, -0.1) is 0 Å². The molecule has 1 amide bonds. The van der Waals surface area contributed by atoms with Gasteiger partial charge in [0.15, 0.2) is 0 Å². The summed E-state index contributed by atoms with van der Waals surface area (Å²) in [5.41, 5.74) is 5.81. The Morgan fingerprint density at radius 3 is 2.41 bits per heavy atom. The van der Waals surface area contributed by atoms with Crippen molar-refractivity contribution in [2.75, 3.05) is 5.32 Å². The molecule has 0 aliphatic carbocycles. The fraction of sp³-hybridized carbons (Fsp3) is 0.125. The Labute approximate surface area is 170 Å². The molecule has 0 aliphatic heterocycles. The van der Waals surface area contributed by atoms with Crippen molar-refractivity contribution < 1.29 is 4.79 Å². The quantitative estimate of drug-likeness (QED) is 0.521. The van der Waals surface area contributed by atoms with Crippen molar-refractivity contribution in [1.29, 1.82) is 0 Å². The Kier molecular flexibility index (Phi) is 5.20. The van der Waals surface area contributed by atoms with Crippen molar-refractivity contribution in [1.82, 2.24) is 14.5 Å². The second-order valence-corrected chi connectivity index (χ2v) is 7.00. The number of hydrogen-bond acceptors (Lipinski definition) is 3. The van der Waals surface area contributed by atoms with Crippen LogP contribution >= 0.6 is 0 Å². The van der Waals surface area contributed by atoms with Crippen molar-refractivity contribution >= 4 is 11.6 Å². The minimum atomic E-state index is -0.373. The number of hydrogen-bond donors (Lipinski definition) is 1. The molecule has 2 aromatic carbocycles. The van der Waals surface area contributed by atoms with Gasteiger partial charge in [-0.3, -0.25) is 9.78 Å². The fourth-order valence-corrected chi connectivity index (χ4v) is 3.16. The van der Waals surface area contributed by atoms with E-state index in [1.54, 1.807) is 12.5 Å². The number of carbonyl (C=O) groups is 1. The van der Waals surface area contributed by atoms with Gasteiger partial charge in [-0.25, -0.2) is 4.98 Å². The summed E-state index contributed by atoms with van der Waals surface area (Å²) in [7, 11) is 0. The SMILES string of the molecule is Cc1cc(-c2ccc(NC(=O)[C@H](C)n3cnc(-c4ccccc4)c3)cc2)ccn1. The molecule has 0 saturated heterocycles. The summed E-state index contributed by atoms with van der Waals surface area (Å²) in [4.78, 5) is 21.3. The van der Waals surface area contributed by atoms with Gasteiger partial charge in [0.25, 0.3) is 0 Å². The van der Waals surface area contributed by atoms with Gasteiger partial charge in [-0.05, 0) is 49.2 Å². The van der Waals surface area contributed by atoms with Gasteiger partial charge in [-0.2, -0.15) is 0 Å². The molecule has 5 heteroatoms. The van der Waals surface area contributed by atoms with E-state index < -0.39 is 0 Å². The van der Waals surface area contributed by atoms with Crippen molar-refractivity contribution in [2.45, 2.75) is 19.9 Å². The number of aryl methyl sites for hydroxylation is 1. The lowest BCUT2D eigenvalue weighted by atomic mass is 10.1. The highest BCUT2D eigenvalue weighted by Crippen LogP contribution is 2.23. The lowest BCUT2D eigenvalue weighted by molar-refractivity contribution is -0.118. The number of nitrogens with one attached hydrogen (secondary N) is 1. The first-order valence-electron chi connectivity index (χ1n) is 9.53. The van der Waals surface area contributed by atoms with Crippen LogP contribution in [0.25, 0.3) is 22.4 Å². The van der Waals surface area contributed by atoms with Crippen LogP contribution in [0.5, 0.6) is 0 Å². The smallest absolute Gasteiger partial charge is 0.247 e. The molecular weight excluding hydrogens is 360 g/mol. The molecule has 0 bridgehead atoms. The summed E-state index contributed by atoms with van der Waals surface area (Å²) in [6.07, 6.45) is 5.40. The van der Waals surface area contributed by atoms with Gasteiger partial charge in [0, 0.05) is 29.3 Å². The number of rotatable bonds is 5. The summed E-state index contributed by atoms with van der Waals surface area (Å²) in [5, 5.41) is 2.98. The molecular formula is C24H22N4O. The lowest BCUT2D eigenvalue weighted by Gasteiger charge is -2.13. The molecule has 2 aromatic heterocycles. The maximum Gasteiger partial charge on any atom is 0.247 e. The number of nitrogens with zero attached hydrogens (tertiary/aromatic N) is 3. The van der Waals surface area contributed by atoms with Gasteiger partial charge in [0.05, 0.1) is 12.0 Å². The van der Waals surface area contributed by atoms with Crippen molar-refractivity contribution in [3.63, 3.8) is 0 Å². The molecule has 0 saturated carbocycles. The van der Waals surface area contributed by atoms with Crippen molar-refractivity contribution in [3.8, 4) is 22.4 Å². The molecule has 0 aliphatic rings. The Morgan fingerprint density at radius 1 is 0.931 bits per heavy atom. The number of anilines is 1. The normalized spacial score (nSPS) is 11.8. The third-order valence-electron chi connectivity index (χ3n) is 4.88. The summed E-state index contributed by atoms with van der Waals surface area (Å²) >= 11 is 0. The van der Waals surface area contributed by atoms with Crippen LogP contribution in [-0.2, 0) is 4.79 Å². The number of carbonyl (C=O) groups excluding carboxylic acids is 1. The molecule has 2 heterocycles. The second kappa shape index (κ2) is 8.10. The Morgan fingerprint density at radius 2 is 1.69 bits per heavy atom. The maximum atomic E-state index is 12.7. The van der Waals surface area contributed by atoms with E-state index in [0.29, 0.717) is 0 Å².